The molecular weight excluding hydrogens is 438 g/mol. The number of thioether (sulfide) groups is 1. The van der Waals surface area contributed by atoms with Crippen LogP contribution in [0.3, 0.4) is 0 Å². The number of hydrogen-bond donors (Lipinski definition) is 0. The second-order valence-electron chi connectivity index (χ2n) is 9.83. The maximum absolute atomic E-state index is 12.7. The number of hydrogen-bond acceptors (Lipinski definition) is 6. The van der Waals surface area contributed by atoms with Crippen LogP contribution in [-0.2, 0) is 19.0 Å². The monoisotopic (exact) mass is 471 g/mol. The molecule has 0 aromatic heterocycles. The highest BCUT2D eigenvalue weighted by molar-refractivity contribution is 8.03. The Morgan fingerprint density at radius 2 is 2.00 bits per heavy atom. The van der Waals surface area contributed by atoms with Gasteiger partial charge >= 0.3 is 0 Å². The molecule has 0 radical (unpaired) electrons. The second-order valence-corrected chi connectivity index (χ2v) is 16.6. The Bertz CT molecular complexity index is 950. The predicted octanol–water partition coefficient (Wildman–Crippen LogP) is 5.67. The van der Waals surface area contributed by atoms with E-state index in [9.17, 15) is 4.79 Å². The summed E-state index contributed by atoms with van der Waals surface area (Å²) in [6, 6.07) is 11.4. The Hall–Kier alpha value is -1.83. The predicted molar refractivity (Wildman–Crippen MR) is 132 cm³/mol. The standard InChI is InChI=1S/C25H33NO4SSi/c1-28-21-16-18(27)15-20-23(31-19-9-6-5-7-10-19)22(24-25(20,21)11-8-12-26-24)30-17-29-13-14-32(2,3)4/h5-7,9-10,16,20H,8,11-15,17H2,1-4H3. The lowest BCUT2D eigenvalue weighted by molar-refractivity contribution is -0.117. The fourth-order valence-corrected chi connectivity index (χ4v) is 6.76. The molecule has 1 aromatic carbocycles. The van der Waals surface area contributed by atoms with Crippen LogP contribution >= 0.6 is 11.8 Å². The molecule has 1 spiro atoms. The number of allylic oxidation sites excluding steroid dienone is 4. The van der Waals surface area contributed by atoms with Gasteiger partial charge in [0.1, 0.15) is 5.76 Å². The third-order valence-corrected chi connectivity index (χ3v) is 9.28. The average molecular weight is 472 g/mol. The van der Waals surface area contributed by atoms with Crippen molar-refractivity contribution in [3.63, 3.8) is 0 Å². The van der Waals surface area contributed by atoms with Crippen LogP contribution in [0, 0.1) is 11.3 Å². The van der Waals surface area contributed by atoms with Crippen molar-refractivity contribution >= 4 is 31.3 Å². The molecular formula is C25H33NO4SSi. The molecule has 32 heavy (non-hydrogen) atoms. The van der Waals surface area contributed by atoms with E-state index in [1.165, 1.54) is 0 Å². The number of benzene rings is 1. The van der Waals surface area contributed by atoms with Crippen LogP contribution in [0.5, 0.6) is 0 Å². The van der Waals surface area contributed by atoms with Gasteiger partial charge in [0.05, 0.1) is 18.2 Å². The summed E-state index contributed by atoms with van der Waals surface area (Å²) in [6.45, 7) is 8.68. The zero-order chi connectivity index (χ0) is 22.8. The number of aliphatic imine (C=N–C) groups is 1. The molecule has 2 aliphatic carbocycles. The molecule has 0 amide bonds. The lowest BCUT2D eigenvalue weighted by Crippen LogP contribution is -2.43. The number of nitrogens with zero attached hydrogens (tertiary/aromatic N) is 1. The molecule has 1 aromatic rings. The first-order valence-corrected chi connectivity index (χ1v) is 15.9. The fraction of sp³-hybridized carbons (Fsp3) is 0.520. The Morgan fingerprint density at radius 3 is 2.72 bits per heavy atom. The van der Waals surface area contributed by atoms with Crippen LogP contribution in [0.15, 0.2) is 62.7 Å². The molecule has 172 valence electrons. The molecule has 0 saturated carbocycles. The molecule has 7 heteroatoms. The number of rotatable bonds is 9. The number of carbonyl (C=O) groups is 1. The third kappa shape index (κ3) is 4.61. The number of ether oxygens (including phenoxy) is 3. The molecule has 4 rings (SSSR count). The van der Waals surface area contributed by atoms with Gasteiger partial charge in [-0.25, -0.2) is 0 Å². The summed E-state index contributed by atoms with van der Waals surface area (Å²) in [5.41, 5.74) is 0.521. The lowest BCUT2D eigenvalue weighted by Gasteiger charge is -2.41. The van der Waals surface area contributed by atoms with Gasteiger partial charge in [0, 0.05) is 49.4 Å². The maximum Gasteiger partial charge on any atom is 0.189 e. The van der Waals surface area contributed by atoms with E-state index in [1.807, 2.05) is 18.2 Å². The first-order chi connectivity index (χ1) is 15.3. The van der Waals surface area contributed by atoms with Crippen molar-refractivity contribution in [1.82, 2.24) is 0 Å². The average Bonchev–Trinajstić information content (AvgIpc) is 3.02. The molecule has 0 fully saturated rings. The van der Waals surface area contributed by atoms with E-state index in [2.05, 4.69) is 31.8 Å². The highest BCUT2D eigenvalue weighted by Gasteiger charge is 2.59. The molecule has 0 N–H and O–H groups in total. The van der Waals surface area contributed by atoms with Gasteiger partial charge in [0.25, 0.3) is 0 Å². The van der Waals surface area contributed by atoms with E-state index in [-0.39, 0.29) is 18.5 Å². The lowest BCUT2D eigenvalue weighted by atomic mass is 9.65. The fourth-order valence-electron chi connectivity index (χ4n) is 4.79. The normalized spacial score (nSPS) is 25.1. The van der Waals surface area contributed by atoms with Crippen LogP contribution < -0.4 is 0 Å². The zero-order valence-electron chi connectivity index (χ0n) is 19.5. The van der Waals surface area contributed by atoms with Crippen molar-refractivity contribution in [3.8, 4) is 0 Å². The van der Waals surface area contributed by atoms with E-state index >= 15 is 0 Å². The van der Waals surface area contributed by atoms with Crippen LogP contribution in [0.1, 0.15) is 19.3 Å². The summed E-state index contributed by atoms with van der Waals surface area (Å²) in [5.74, 6) is 1.59. The second kappa shape index (κ2) is 9.57. The van der Waals surface area contributed by atoms with Gasteiger partial charge in [0.15, 0.2) is 18.3 Å². The summed E-state index contributed by atoms with van der Waals surface area (Å²) in [5, 5.41) is 0. The summed E-state index contributed by atoms with van der Waals surface area (Å²) in [7, 11) is 0.496. The highest BCUT2D eigenvalue weighted by Crippen LogP contribution is 2.60. The molecule has 2 unspecified atom stereocenters. The summed E-state index contributed by atoms with van der Waals surface area (Å²) >= 11 is 1.68. The first-order valence-electron chi connectivity index (χ1n) is 11.4. The molecule has 2 atom stereocenters. The number of ketones is 1. The minimum absolute atomic E-state index is 0.0174. The third-order valence-electron chi connectivity index (χ3n) is 6.38. The number of methoxy groups -OCH3 is 1. The van der Waals surface area contributed by atoms with Gasteiger partial charge in [-0.15, -0.1) is 0 Å². The van der Waals surface area contributed by atoms with Crippen LogP contribution in [-0.4, -0.2) is 46.6 Å². The Balaban J connectivity index is 1.67. The maximum atomic E-state index is 12.7. The van der Waals surface area contributed by atoms with Gasteiger partial charge < -0.3 is 14.2 Å². The summed E-state index contributed by atoms with van der Waals surface area (Å²) in [6.07, 6.45) is 4.00. The van der Waals surface area contributed by atoms with Crippen LogP contribution in [0.4, 0.5) is 0 Å². The summed E-state index contributed by atoms with van der Waals surface area (Å²) in [4.78, 5) is 19.8. The van der Waals surface area contributed by atoms with Crippen molar-refractivity contribution < 1.29 is 19.0 Å². The van der Waals surface area contributed by atoms with Crippen molar-refractivity contribution in [2.24, 2.45) is 16.3 Å². The van der Waals surface area contributed by atoms with Crippen molar-refractivity contribution in [2.75, 3.05) is 27.1 Å². The summed E-state index contributed by atoms with van der Waals surface area (Å²) < 4.78 is 18.0. The van der Waals surface area contributed by atoms with Crippen molar-refractivity contribution in [3.05, 3.63) is 52.8 Å². The van der Waals surface area contributed by atoms with E-state index < -0.39 is 13.5 Å². The van der Waals surface area contributed by atoms with Crippen molar-refractivity contribution in [1.29, 1.82) is 0 Å². The van der Waals surface area contributed by atoms with E-state index in [1.54, 1.807) is 24.9 Å². The molecule has 5 nitrogen and oxygen atoms in total. The van der Waals surface area contributed by atoms with E-state index in [0.29, 0.717) is 13.0 Å². The Labute approximate surface area is 196 Å². The van der Waals surface area contributed by atoms with Gasteiger partial charge in [-0.1, -0.05) is 49.6 Å². The Kier molecular flexibility index (Phi) is 6.98. The highest BCUT2D eigenvalue weighted by atomic mass is 32.2. The topological polar surface area (TPSA) is 57.1 Å². The minimum atomic E-state index is -1.16. The van der Waals surface area contributed by atoms with Crippen molar-refractivity contribution in [2.45, 2.75) is 49.8 Å². The van der Waals surface area contributed by atoms with Crippen LogP contribution in [0.25, 0.3) is 0 Å². The first kappa shape index (κ1) is 23.3. The van der Waals surface area contributed by atoms with E-state index in [4.69, 9.17) is 19.2 Å². The van der Waals surface area contributed by atoms with Gasteiger partial charge in [-0.3, -0.25) is 9.79 Å². The smallest absolute Gasteiger partial charge is 0.189 e. The minimum Gasteiger partial charge on any atom is -0.500 e. The largest absolute Gasteiger partial charge is 0.500 e. The quantitative estimate of drug-likeness (QED) is 0.264. The molecule has 3 aliphatic rings. The molecule has 1 heterocycles. The van der Waals surface area contributed by atoms with Gasteiger partial charge in [0.2, 0.25) is 0 Å². The number of carbonyl (C=O) groups excluding carboxylic acids is 1. The Morgan fingerprint density at radius 1 is 1.22 bits per heavy atom. The molecule has 0 bridgehead atoms. The SMILES string of the molecule is COC1=CC(=O)CC2C(Sc3ccccc3)=C(OCOCC[Si](C)(C)C)C3=NCCCC132. The van der Waals surface area contributed by atoms with E-state index in [0.717, 1.165) is 52.5 Å². The zero-order valence-corrected chi connectivity index (χ0v) is 21.3. The van der Waals surface area contributed by atoms with Crippen LogP contribution in [0.2, 0.25) is 25.7 Å². The van der Waals surface area contributed by atoms with Gasteiger partial charge in [-0.05, 0) is 31.0 Å². The van der Waals surface area contributed by atoms with Gasteiger partial charge in [-0.2, -0.15) is 0 Å². The molecule has 0 saturated heterocycles. The molecule has 1 aliphatic heterocycles.